The molecule has 0 aromatic heterocycles. The number of likely N-dealkylation sites (N-methyl/N-ethyl adjacent to an activating group) is 1. The minimum absolute atomic E-state index is 0.0123. The Morgan fingerprint density at radius 2 is 1.69 bits per heavy atom. The Labute approximate surface area is 292 Å². The number of anilines is 3. The summed E-state index contributed by atoms with van der Waals surface area (Å²) in [5.74, 6) is -0.846. The van der Waals surface area contributed by atoms with E-state index in [1.165, 1.54) is 41.7 Å². The highest BCUT2D eigenvalue weighted by Gasteiger charge is 2.35. The number of ether oxygens (including phenoxy) is 1. The quantitative estimate of drug-likeness (QED) is 0.134. The number of para-hydroxylation sites is 2. The van der Waals surface area contributed by atoms with Crippen LogP contribution in [0.3, 0.4) is 0 Å². The summed E-state index contributed by atoms with van der Waals surface area (Å²) in [6, 6.07) is 17.1. The van der Waals surface area contributed by atoms with Gasteiger partial charge in [-0.2, -0.15) is 4.31 Å². The van der Waals surface area contributed by atoms with Gasteiger partial charge in [-0.3, -0.25) is 14.4 Å². The average molecular weight is 714 g/mol. The molecule has 0 saturated carbocycles. The second-order valence-electron chi connectivity index (χ2n) is 12.3. The Kier molecular flexibility index (Phi) is 13.0. The lowest BCUT2D eigenvalue weighted by Crippen LogP contribution is -2.50. The topological polar surface area (TPSA) is 171 Å². The van der Waals surface area contributed by atoms with Crippen molar-refractivity contribution in [3.63, 3.8) is 0 Å². The van der Waals surface area contributed by atoms with Crippen LogP contribution in [0.25, 0.3) is 0 Å². The fourth-order valence-corrected chi connectivity index (χ4v) is 6.76. The lowest BCUT2D eigenvalue weighted by Gasteiger charge is -2.38. The molecule has 14 heteroatoms. The molecule has 3 aromatic rings. The fourth-order valence-electron chi connectivity index (χ4n) is 5.45. The molecule has 0 bridgehead atoms. The molecule has 0 radical (unpaired) electrons. The van der Waals surface area contributed by atoms with E-state index in [1.807, 2.05) is 6.92 Å². The van der Waals surface area contributed by atoms with Gasteiger partial charge in [0.15, 0.2) is 0 Å². The molecule has 0 saturated heterocycles. The van der Waals surface area contributed by atoms with Crippen molar-refractivity contribution in [3.8, 4) is 5.75 Å². The second-order valence-corrected chi connectivity index (χ2v) is 14.8. The number of hydrogen-bond acceptors (Lipinski definition) is 8. The molecule has 49 heavy (non-hydrogen) atoms. The highest BCUT2D eigenvalue weighted by atomic mass is 35.5. The Morgan fingerprint density at radius 3 is 2.35 bits per heavy atom. The van der Waals surface area contributed by atoms with E-state index < -0.39 is 22.2 Å². The number of nitrogens with two attached hydrogens (primary N) is 1. The van der Waals surface area contributed by atoms with E-state index in [-0.39, 0.29) is 66.0 Å². The maximum Gasteiger partial charge on any atom is 0.258 e. The molecule has 3 aromatic carbocycles. The van der Waals surface area contributed by atoms with Crippen LogP contribution < -0.4 is 21.1 Å². The number of nitrogens with zero attached hydrogens (tertiary/aromatic N) is 2. The van der Waals surface area contributed by atoms with E-state index in [4.69, 9.17) is 22.1 Å². The minimum atomic E-state index is -3.87. The minimum Gasteiger partial charge on any atom is -0.488 e. The first-order valence-electron chi connectivity index (χ1n) is 16.2. The highest BCUT2D eigenvalue weighted by molar-refractivity contribution is 7.89. The molecule has 3 amide bonds. The van der Waals surface area contributed by atoms with Crippen LogP contribution in [0.2, 0.25) is 5.02 Å². The molecular formula is C35H44ClN5O7S. The van der Waals surface area contributed by atoms with Crippen molar-refractivity contribution >= 4 is 56.4 Å². The SMILES string of the molecule is C[C@@H]1CN([C@H](C)CO)C(=O)c2cc(NC(=O)CCCCCC(=O)Nc3ccccc3N)ccc2O[C@H]1CN(C)S(=O)(=O)c1ccc(Cl)cc1. The van der Waals surface area contributed by atoms with Crippen LogP contribution in [0.4, 0.5) is 17.1 Å². The molecule has 5 N–H and O–H groups in total. The number of amides is 3. The molecule has 1 aliphatic rings. The van der Waals surface area contributed by atoms with Gasteiger partial charge in [-0.1, -0.05) is 37.1 Å². The number of fused-ring (bicyclic) bond motifs is 1. The van der Waals surface area contributed by atoms with Crippen LogP contribution in [0.5, 0.6) is 5.75 Å². The zero-order chi connectivity index (χ0) is 35.7. The van der Waals surface area contributed by atoms with Gasteiger partial charge < -0.3 is 31.1 Å². The van der Waals surface area contributed by atoms with E-state index >= 15 is 0 Å². The zero-order valence-electron chi connectivity index (χ0n) is 27.9. The summed E-state index contributed by atoms with van der Waals surface area (Å²) in [5.41, 5.74) is 7.51. The van der Waals surface area contributed by atoms with Crippen LogP contribution in [-0.2, 0) is 19.6 Å². The predicted octanol–water partition coefficient (Wildman–Crippen LogP) is 4.99. The number of nitrogens with one attached hydrogen (secondary N) is 2. The number of carbonyl (C=O) groups excluding carboxylic acids is 3. The summed E-state index contributed by atoms with van der Waals surface area (Å²) in [7, 11) is -2.41. The van der Waals surface area contributed by atoms with Gasteiger partial charge in [-0.25, -0.2) is 8.42 Å². The molecule has 3 atom stereocenters. The largest absolute Gasteiger partial charge is 0.488 e. The van der Waals surface area contributed by atoms with E-state index in [9.17, 15) is 27.9 Å². The van der Waals surface area contributed by atoms with Crippen molar-refractivity contribution in [3.05, 3.63) is 77.3 Å². The standard InChI is InChI=1S/C35H44ClN5O7S/c1-23-20-41(24(2)22-42)35(45)28-19-26(38-33(43)11-5-4-6-12-34(44)39-30-10-8-7-9-29(30)37)15-18-31(28)48-32(23)21-40(3)49(46,47)27-16-13-25(36)14-17-27/h7-10,13-19,23-24,32,42H,4-6,11-12,20-22,37H2,1-3H3,(H,38,43)(H,39,44)/t23-,24-,32+/m1/s1. The first kappa shape index (κ1) is 37.6. The monoisotopic (exact) mass is 713 g/mol. The number of aliphatic hydroxyl groups is 1. The van der Waals surface area contributed by atoms with Gasteiger partial charge in [0.05, 0.1) is 41.0 Å². The van der Waals surface area contributed by atoms with Crippen molar-refractivity contribution < 1.29 is 32.6 Å². The molecule has 1 heterocycles. The smallest absolute Gasteiger partial charge is 0.258 e. The molecule has 1 aliphatic heterocycles. The first-order valence-corrected chi connectivity index (χ1v) is 18.0. The lowest BCUT2D eigenvalue weighted by atomic mass is 9.99. The number of carbonyl (C=O) groups is 3. The Morgan fingerprint density at radius 1 is 1.04 bits per heavy atom. The Bertz CT molecular complexity index is 1740. The van der Waals surface area contributed by atoms with Crippen molar-refractivity contribution in [2.45, 2.75) is 63.0 Å². The number of benzene rings is 3. The lowest BCUT2D eigenvalue weighted by molar-refractivity contribution is -0.116. The molecule has 0 fully saturated rings. The van der Waals surface area contributed by atoms with Crippen molar-refractivity contribution in [2.24, 2.45) is 5.92 Å². The Hall–Kier alpha value is -4.17. The summed E-state index contributed by atoms with van der Waals surface area (Å²) in [5, 5.41) is 16.0. The average Bonchev–Trinajstić information content (AvgIpc) is 3.07. The third kappa shape index (κ3) is 9.94. The molecular weight excluding hydrogens is 670 g/mol. The molecule has 264 valence electrons. The van der Waals surface area contributed by atoms with Crippen LogP contribution in [0.15, 0.2) is 71.6 Å². The van der Waals surface area contributed by atoms with Crippen LogP contribution in [0, 0.1) is 5.92 Å². The van der Waals surface area contributed by atoms with Crippen LogP contribution in [-0.4, -0.2) is 79.3 Å². The summed E-state index contributed by atoms with van der Waals surface area (Å²) in [6.07, 6.45) is 1.69. The van der Waals surface area contributed by atoms with Crippen LogP contribution in [0.1, 0.15) is 56.3 Å². The van der Waals surface area contributed by atoms with Gasteiger partial charge in [0.25, 0.3) is 5.91 Å². The number of rotatable bonds is 14. The third-order valence-corrected chi connectivity index (χ3v) is 10.5. The number of unbranched alkanes of at least 4 members (excludes halogenated alkanes) is 2. The molecule has 4 rings (SSSR count). The second kappa shape index (κ2) is 17.0. The van der Waals surface area contributed by atoms with Gasteiger partial charge in [-0.05, 0) is 74.4 Å². The summed E-state index contributed by atoms with van der Waals surface area (Å²) in [4.78, 5) is 40.4. The van der Waals surface area contributed by atoms with Gasteiger partial charge in [0, 0.05) is 43.1 Å². The highest BCUT2D eigenvalue weighted by Crippen LogP contribution is 2.31. The van der Waals surface area contributed by atoms with E-state index in [2.05, 4.69) is 10.6 Å². The number of aliphatic hydroxyl groups excluding tert-OH is 1. The van der Waals surface area contributed by atoms with Gasteiger partial charge in [0.1, 0.15) is 11.9 Å². The van der Waals surface area contributed by atoms with Crippen molar-refractivity contribution in [1.82, 2.24) is 9.21 Å². The Balaban J connectivity index is 1.40. The first-order chi connectivity index (χ1) is 23.3. The number of sulfonamides is 1. The maximum absolute atomic E-state index is 13.8. The number of halogens is 1. The molecule has 0 unspecified atom stereocenters. The molecule has 12 nitrogen and oxygen atoms in total. The fraction of sp³-hybridized carbons (Fsp3) is 0.400. The van der Waals surface area contributed by atoms with E-state index in [1.54, 1.807) is 48.2 Å². The summed E-state index contributed by atoms with van der Waals surface area (Å²) >= 11 is 5.95. The van der Waals surface area contributed by atoms with Crippen molar-refractivity contribution in [1.29, 1.82) is 0 Å². The maximum atomic E-state index is 13.8. The molecule has 0 spiro atoms. The van der Waals surface area contributed by atoms with Gasteiger partial charge in [-0.15, -0.1) is 0 Å². The van der Waals surface area contributed by atoms with Crippen LogP contribution >= 0.6 is 11.6 Å². The third-order valence-electron chi connectivity index (χ3n) is 8.45. The summed E-state index contributed by atoms with van der Waals surface area (Å²) < 4.78 is 34.2. The normalized spacial score (nSPS) is 17.0. The number of nitrogen functional groups attached to an aromatic ring is 1. The predicted molar refractivity (Wildman–Crippen MR) is 190 cm³/mol. The molecule has 0 aliphatic carbocycles. The van der Waals surface area contributed by atoms with Gasteiger partial charge in [0.2, 0.25) is 21.8 Å². The number of hydrogen-bond donors (Lipinski definition) is 4. The van der Waals surface area contributed by atoms with E-state index in [0.717, 1.165) is 0 Å². The van der Waals surface area contributed by atoms with E-state index in [0.29, 0.717) is 47.8 Å². The van der Waals surface area contributed by atoms with Gasteiger partial charge >= 0.3 is 0 Å². The zero-order valence-corrected chi connectivity index (χ0v) is 29.5. The van der Waals surface area contributed by atoms with Crippen molar-refractivity contribution in [2.75, 3.05) is 43.1 Å². The summed E-state index contributed by atoms with van der Waals surface area (Å²) in [6.45, 7) is 3.51.